The molecule has 186 valence electrons. The number of nitrogens with zero attached hydrogens (tertiary/aromatic N) is 2. The monoisotopic (exact) mass is 498 g/mol. The molecule has 0 bridgehead atoms. The van der Waals surface area contributed by atoms with Gasteiger partial charge in [-0.05, 0) is 43.5 Å². The number of rotatable bonds is 8. The highest BCUT2D eigenvalue weighted by molar-refractivity contribution is 7.89. The van der Waals surface area contributed by atoms with Crippen LogP contribution in [0.4, 0.5) is 4.39 Å². The van der Waals surface area contributed by atoms with Gasteiger partial charge < -0.3 is 20.6 Å². The number of benzene rings is 1. The first kappa shape index (κ1) is 25.6. The van der Waals surface area contributed by atoms with Gasteiger partial charge in [0.2, 0.25) is 27.7 Å². The Morgan fingerprint density at radius 1 is 1.15 bits per heavy atom. The second-order valence-electron chi connectivity index (χ2n) is 8.16. The number of carbonyl (C=O) groups excluding carboxylic acids is 3. The summed E-state index contributed by atoms with van der Waals surface area (Å²) in [5.74, 6) is -3.16. The van der Waals surface area contributed by atoms with E-state index < -0.39 is 45.7 Å². The number of hydrogen-bond donors (Lipinski definition) is 3. The van der Waals surface area contributed by atoms with Crippen LogP contribution >= 0.6 is 0 Å². The van der Waals surface area contributed by atoms with Crippen molar-refractivity contribution in [2.45, 2.75) is 49.1 Å². The fourth-order valence-electron chi connectivity index (χ4n) is 3.97. The van der Waals surface area contributed by atoms with Gasteiger partial charge in [-0.3, -0.25) is 19.2 Å². The zero-order valence-corrected chi connectivity index (χ0v) is 19.2. The van der Waals surface area contributed by atoms with Gasteiger partial charge in [-0.25, -0.2) is 12.8 Å². The highest BCUT2D eigenvalue weighted by atomic mass is 32.2. The molecule has 2 atom stereocenters. The van der Waals surface area contributed by atoms with Gasteiger partial charge in [0.15, 0.2) is 0 Å². The van der Waals surface area contributed by atoms with E-state index in [2.05, 4.69) is 10.6 Å². The summed E-state index contributed by atoms with van der Waals surface area (Å²) >= 11 is 0. The molecule has 2 heterocycles. The third-order valence-corrected chi connectivity index (χ3v) is 7.68. The second kappa shape index (κ2) is 10.9. The fourth-order valence-corrected chi connectivity index (χ4v) is 5.40. The lowest BCUT2D eigenvalue weighted by Crippen LogP contribution is -2.63. The Morgan fingerprint density at radius 2 is 1.85 bits per heavy atom. The number of hydrogen-bond acceptors (Lipinski definition) is 6. The summed E-state index contributed by atoms with van der Waals surface area (Å²) in [6, 6.07) is 2.26. The molecule has 2 aliphatic rings. The van der Waals surface area contributed by atoms with Crippen LogP contribution in [0.25, 0.3) is 0 Å². The Bertz CT molecular complexity index is 1050. The number of piperidine rings is 1. The first-order valence-corrected chi connectivity index (χ1v) is 12.4. The standard InChI is InChI=1S/C21H27FN4O7S/c22-14-6-8-15(9-7-14)34(32,33)25-11-12-26(18(27)4-1-5-19(28)29)17(13-25)21(31)24-16-3-2-10-23-20(16)30/h6-9,16-17H,1-5,10-13H2,(H,23,30)(H,24,31)(H,28,29)/t16-,17-/m0/s1. The molecule has 0 unspecified atom stereocenters. The van der Waals surface area contributed by atoms with Crippen LogP contribution in [0.2, 0.25) is 0 Å². The van der Waals surface area contributed by atoms with E-state index in [1.54, 1.807) is 0 Å². The lowest BCUT2D eigenvalue weighted by molar-refractivity contribution is -0.144. The molecule has 1 aromatic rings. The van der Waals surface area contributed by atoms with Crippen molar-refractivity contribution >= 4 is 33.7 Å². The zero-order chi connectivity index (χ0) is 24.9. The number of piperazine rings is 1. The molecule has 2 saturated heterocycles. The molecule has 11 nitrogen and oxygen atoms in total. The molecule has 3 amide bonds. The van der Waals surface area contributed by atoms with Crippen molar-refractivity contribution in [3.05, 3.63) is 30.1 Å². The average molecular weight is 499 g/mol. The van der Waals surface area contributed by atoms with Gasteiger partial charge in [-0.2, -0.15) is 4.31 Å². The molecule has 3 rings (SSSR count). The van der Waals surface area contributed by atoms with Crippen LogP contribution < -0.4 is 10.6 Å². The molecule has 3 N–H and O–H groups in total. The van der Waals surface area contributed by atoms with Crippen LogP contribution in [-0.4, -0.2) is 84.7 Å². The Hall–Kier alpha value is -3.06. The summed E-state index contributed by atoms with van der Waals surface area (Å²) in [4.78, 5) is 49.8. The predicted molar refractivity (Wildman–Crippen MR) is 116 cm³/mol. The van der Waals surface area contributed by atoms with E-state index in [1.807, 2.05) is 0 Å². The minimum absolute atomic E-state index is 0.0711. The fraction of sp³-hybridized carbons (Fsp3) is 0.524. The first-order valence-electron chi connectivity index (χ1n) is 10.9. The summed E-state index contributed by atoms with van der Waals surface area (Å²) in [5.41, 5.74) is 0. The molecule has 1 aromatic carbocycles. The van der Waals surface area contributed by atoms with Crippen molar-refractivity contribution in [2.75, 3.05) is 26.2 Å². The largest absolute Gasteiger partial charge is 0.481 e. The van der Waals surface area contributed by atoms with Gasteiger partial charge in [0.25, 0.3) is 0 Å². The van der Waals surface area contributed by atoms with Gasteiger partial charge in [0.1, 0.15) is 17.9 Å². The molecule has 2 aliphatic heterocycles. The molecule has 0 radical (unpaired) electrons. The van der Waals surface area contributed by atoms with Crippen LogP contribution in [0, 0.1) is 5.82 Å². The first-order chi connectivity index (χ1) is 16.1. The normalized spacial score (nSPS) is 21.6. The summed E-state index contributed by atoms with van der Waals surface area (Å²) in [6.45, 7) is -0.0591. The molecule has 34 heavy (non-hydrogen) atoms. The van der Waals surface area contributed by atoms with Crippen molar-refractivity contribution in [3.63, 3.8) is 0 Å². The van der Waals surface area contributed by atoms with E-state index in [1.165, 1.54) is 4.90 Å². The Kier molecular flexibility index (Phi) is 8.20. The average Bonchev–Trinajstić information content (AvgIpc) is 2.80. The third kappa shape index (κ3) is 6.08. The SMILES string of the molecule is O=C(O)CCCC(=O)N1CCN(S(=O)(=O)c2ccc(F)cc2)C[C@H]1C(=O)N[C@H]1CCCNC1=O. The van der Waals surface area contributed by atoms with E-state index in [0.29, 0.717) is 19.4 Å². The van der Waals surface area contributed by atoms with E-state index in [9.17, 15) is 32.0 Å². The van der Waals surface area contributed by atoms with Crippen molar-refractivity contribution in [1.29, 1.82) is 0 Å². The van der Waals surface area contributed by atoms with E-state index in [-0.39, 0.29) is 49.7 Å². The molecule has 13 heteroatoms. The van der Waals surface area contributed by atoms with Crippen LogP contribution in [0.3, 0.4) is 0 Å². The minimum Gasteiger partial charge on any atom is -0.481 e. The topological polar surface area (TPSA) is 153 Å². The molecule has 0 spiro atoms. The van der Waals surface area contributed by atoms with Gasteiger partial charge in [-0.15, -0.1) is 0 Å². The van der Waals surface area contributed by atoms with Crippen molar-refractivity contribution in [2.24, 2.45) is 0 Å². The third-order valence-electron chi connectivity index (χ3n) is 5.80. The smallest absolute Gasteiger partial charge is 0.303 e. The number of sulfonamides is 1. The lowest BCUT2D eigenvalue weighted by Gasteiger charge is -2.40. The van der Waals surface area contributed by atoms with E-state index in [0.717, 1.165) is 28.6 Å². The number of nitrogens with one attached hydrogen (secondary N) is 2. The van der Waals surface area contributed by atoms with E-state index in [4.69, 9.17) is 5.11 Å². The zero-order valence-electron chi connectivity index (χ0n) is 18.4. The maximum atomic E-state index is 13.3. The summed E-state index contributed by atoms with van der Waals surface area (Å²) in [6.07, 6.45) is 0.800. The lowest BCUT2D eigenvalue weighted by atomic mass is 10.1. The van der Waals surface area contributed by atoms with Gasteiger partial charge >= 0.3 is 5.97 Å². The maximum absolute atomic E-state index is 13.3. The van der Waals surface area contributed by atoms with Gasteiger partial charge in [0.05, 0.1) is 4.90 Å². The molecule has 0 aliphatic carbocycles. The van der Waals surface area contributed by atoms with Crippen LogP contribution in [0.1, 0.15) is 32.1 Å². The number of carboxylic acids is 1. The van der Waals surface area contributed by atoms with Crippen LogP contribution in [0.15, 0.2) is 29.2 Å². The summed E-state index contributed by atoms with van der Waals surface area (Å²) in [7, 11) is -4.07. The predicted octanol–water partition coefficient (Wildman–Crippen LogP) is -0.323. The Morgan fingerprint density at radius 3 is 2.50 bits per heavy atom. The van der Waals surface area contributed by atoms with Crippen LogP contribution in [-0.2, 0) is 29.2 Å². The van der Waals surface area contributed by atoms with Crippen molar-refractivity contribution in [3.8, 4) is 0 Å². The molecular weight excluding hydrogens is 471 g/mol. The molecule has 0 saturated carbocycles. The summed E-state index contributed by atoms with van der Waals surface area (Å²) in [5, 5.41) is 14.1. The Labute approximate surface area is 196 Å². The number of carbonyl (C=O) groups is 4. The number of halogens is 1. The highest BCUT2D eigenvalue weighted by Gasteiger charge is 2.40. The van der Waals surface area contributed by atoms with Crippen molar-refractivity contribution < 1.29 is 37.1 Å². The maximum Gasteiger partial charge on any atom is 0.303 e. The van der Waals surface area contributed by atoms with E-state index >= 15 is 0 Å². The van der Waals surface area contributed by atoms with Gasteiger partial charge in [-0.1, -0.05) is 0 Å². The Balaban J connectivity index is 1.80. The molecular formula is C21H27FN4O7S. The molecule has 0 aromatic heterocycles. The quantitative estimate of drug-likeness (QED) is 0.444. The number of aliphatic carboxylic acids is 1. The van der Waals surface area contributed by atoms with Crippen molar-refractivity contribution in [1.82, 2.24) is 19.8 Å². The molecule has 2 fully saturated rings. The highest BCUT2D eigenvalue weighted by Crippen LogP contribution is 2.22. The summed E-state index contributed by atoms with van der Waals surface area (Å²) < 4.78 is 40.4. The number of carboxylic acid groups (broad SMARTS) is 1. The van der Waals surface area contributed by atoms with Crippen LogP contribution in [0.5, 0.6) is 0 Å². The second-order valence-corrected chi connectivity index (χ2v) is 10.1. The number of amides is 3. The van der Waals surface area contributed by atoms with Gasteiger partial charge in [0, 0.05) is 39.0 Å². The minimum atomic E-state index is -4.07.